The number of hydrogen-bond donors (Lipinski definition) is 2. The summed E-state index contributed by atoms with van der Waals surface area (Å²) >= 11 is 0. The molecule has 2 N–H and O–H groups in total. The smallest absolute Gasteiger partial charge is 0.277 e. The summed E-state index contributed by atoms with van der Waals surface area (Å²) in [6.45, 7) is 4.35. The van der Waals surface area contributed by atoms with Crippen LogP contribution in [-0.2, 0) is 9.59 Å². The molecule has 0 aromatic heterocycles. The number of urea groups is 1. The van der Waals surface area contributed by atoms with Crippen LogP contribution in [0.2, 0.25) is 0 Å². The summed E-state index contributed by atoms with van der Waals surface area (Å²) in [6.07, 6.45) is 4.66. The molecule has 0 radical (unpaired) electrons. The summed E-state index contributed by atoms with van der Waals surface area (Å²) in [5, 5.41) is 4.22. The van der Waals surface area contributed by atoms with Crippen LogP contribution < -0.4 is 10.6 Å². The summed E-state index contributed by atoms with van der Waals surface area (Å²) < 4.78 is 0. The van der Waals surface area contributed by atoms with Crippen molar-refractivity contribution in [2.75, 3.05) is 0 Å². The highest BCUT2D eigenvalue weighted by atomic mass is 16.2. The number of amides is 4. The van der Waals surface area contributed by atoms with Crippen molar-refractivity contribution in [2.24, 2.45) is 11.8 Å². The summed E-state index contributed by atoms with van der Waals surface area (Å²) in [5.74, 6) is -0.953. The standard InChI is InChI=1S/C12H20N2O3/c1-8(2)6-4-3-5-7-9-10(15)13-12(17)14-11(9)16/h8-9H,3-7H2,1-2H3,(H2,13,14,15,16,17). The molecule has 0 aromatic rings. The Bertz CT molecular complexity index is 293. The second kappa shape index (κ2) is 6.37. The second-order valence-corrected chi connectivity index (χ2v) is 4.89. The fourth-order valence-corrected chi connectivity index (χ4v) is 1.89. The molecule has 0 bridgehead atoms. The lowest BCUT2D eigenvalue weighted by atomic mass is 9.96. The normalized spacial score (nSPS) is 17.2. The number of unbranched alkanes of at least 4 members (excludes halogenated alkanes) is 2. The van der Waals surface area contributed by atoms with Crippen LogP contribution in [0, 0.1) is 11.8 Å². The van der Waals surface area contributed by atoms with Gasteiger partial charge in [-0.25, -0.2) is 4.79 Å². The van der Waals surface area contributed by atoms with E-state index in [9.17, 15) is 14.4 Å². The number of hydrogen-bond acceptors (Lipinski definition) is 3. The zero-order valence-corrected chi connectivity index (χ0v) is 10.4. The van der Waals surface area contributed by atoms with Gasteiger partial charge in [-0.3, -0.25) is 20.2 Å². The van der Waals surface area contributed by atoms with E-state index in [1.54, 1.807) is 0 Å². The number of barbiturate groups is 1. The Balaban J connectivity index is 2.24. The van der Waals surface area contributed by atoms with E-state index in [1.165, 1.54) is 6.42 Å². The van der Waals surface area contributed by atoms with E-state index >= 15 is 0 Å². The van der Waals surface area contributed by atoms with Crippen LogP contribution in [-0.4, -0.2) is 17.8 Å². The molecule has 1 fully saturated rings. The highest BCUT2D eigenvalue weighted by molar-refractivity contribution is 6.16. The zero-order chi connectivity index (χ0) is 12.8. The van der Waals surface area contributed by atoms with Crippen LogP contribution >= 0.6 is 0 Å². The lowest BCUT2D eigenvalue weighted by molar-refractivity contribution is -0.136. The number of carbonyl (C=O) groups is 3. The molecule has 1 aliphatic rings. The van der Waals surface area contributed by atoms with Gasteiger partial charge < -0.3 is 0 Å². The Morgan fingerprint density at radius 1 is 1.00 bits per heavy atom. The predicted molar refractivity (Wildman–Crippen MR) is 63.1 cm³/mol. The molecule has 0 aromatic carbocycles. The summed E-state index contributed by atoms with van der Waals surface area (Å²) in [6, 6.07) is -0.712. The van der Waals surface area contributed by atoms with Gasteiger partial charge in [-0.15, -0.1) is 0 Å². The maximum absolute atomic E-state index is 11.4. The largest absolute Gasteiger partial charge is 0.328 e. The maximum Gasteiger partial charge on any atom is 0.328 e. The first-order valence-corrected chi connectivity index (χ1v) is 6.16. The van der Waals surface area contributed by atoms with Crippen molar-refractivity contribution in [2.45, 2.75) is 46.0 Å². The number of carbonyl (C=O) groups excluding carboxylic acids is 3. The summed E-state index contributed by atoms with van der Waals surface area (Å²) in [5.41, 5.74) is 0. The summed E-state index contributed by atoms with van der Waals surface area (Å²) in [7, 11) is 0. The van der Waals surface area contributed by atoms with Crippen molar-refractivity contribution in [3.63, 3.8) is 0 Å². The molecule has 0 saturated carbocycles. The molecule has 1 heterocycles. The van der Waals surface area contributed by atoms with Crippen LogP contribution in [0.3, 0.4) is 0 Å². The van der Waals surface area contributed by atoms with Crippen molar-refractivity contribution in [1.29, 1.82) is 0 Å². The third kappa shape index (κ3) is 4.54. The lowest BCUT2D eigenvalue weighted by Crippen LogP contribution is -2.55. The molecular weight excluding hydrogens is 220 g/mol. The fraction of sp³-hybridized carbons (Fsp3) is 0.750. The van der Waals surface area contributed by atoms with Crippen molar-refractivity contribution in [3.8, 4) is 0 Å². The van der Waals surface area contributed by atoms with Gasteiger partial charge in [-0.05, 0) is 12.3 Å². The van der Waals surface area contributed by atoms with Crippen LogP contribution in [0.25, 0.3) is 0 Å². The lowest BCUT2D eigenvalue weighted by Gasteiger charge is -2.20. The molecule has 96 valence electrons. The van der Waals surface area contributed by atoms with E-state index in [2.05, 4.69) is 24.5 Å². The van der Waals surface area contributed by atoms with E-state index in [1.807, 2.05) is 0 Å². The molecule has 0 unspecified atom stereocenters. The average molecular weight is 240 g/mol. The Morgan fingerprint density at radius 3 is 2.12 bits per heavy atom. The second-order valence-electron chi connectivity index (χ2n) is 4.89. The van der Waals surface area contributed by atoms with Crippen LogP contribution in [0.15, 0.2) is 0 Å². The van der Waals surface area contributed by atoms with E-state index in [-0.39, 0.29) is 0 Å². The Labute approximate surface area is 101 Å². The monoisotopic (exact) mass is 240 g/mol. The highest BCUT2D eigenvalue weighted by Crippen LogP contribution is 2.15. The topological polar surface area (TPSA) is 75.3 Å². The van der Waals surface area contributed by atoms with Gasteiger partial charge in [-0.2, -0.15) is 0 Å². The molecule has 1 aliphatic heterocycles. The maximum atomic E-state index is 11.4. The van der Waals surface area contributed by atoms with Gasteiger partial charge in [0.15, 0.2) is 0 Å². The van der Waals surface area contributed by atoms with Gasteiger partial charge in [0.2, 0.25) is 11.8 Å². The highest BCUT2D eigenvalue weighted by Gasteiger charge is 2.33. The molecule has 17 heavy (non-hydrogen) atoms. The molecular formula is C12H20N2O3. The molecule has 1 rings (SSSR count). The molecule has 1 saturated heterocycles. The molecule has 4 amide bonds. The minimum Gasteiger partial charge on any atom is -0.277 e. The molecule has 0 spiro atoms. The Kier molecular flexibility index (Phi) is 5.12. The van der Waals surface area contributed by atoms with Gasteiger partial charge >= 0.3 is 6.03 Å². The average Bonchev–Trinajstić information content (AvgIpc) is 2.20. The van der Waals surface area contributed by atoms with Crippen molar-refractivity contribution in [1.82, 2.24) is 10.6 Å². The van der Waals surface area contributed by atoms with Crippen molar-refractivity contribution in [3.05, 3.63) is 0 Å². The molecule has 5 heteroatoms. The SMILES string of the molecule is CC(C)CCCCCC1C(=O)NC(=O)NC1=O. The minimum atomic E-state index is -0.712. The van der Waals surface area contributed by atoms with E-state index in [0.717, 1.165) is 19.3 Å². The minimum absolute atomic E-state index is 0.470. The quantitative estimate of drug-likeness (QED) is 0.546. The number of nitrogens with one attached hydrogen (secondary N) is 2. The van der Waals surface area contributed by atoms with Crippen LogP contribution in [0.5, 0.6) is 0 Å². The third-order valence-electron chi connectivity index (χ3n) is 2.88. The number of rotatable bonds is 6. The van der Waals surface area contributed by atoms with Crippen LogP contribution in [0.1, 0.15) is 46.0 Å². The van der Waals surface area contributed by atoms with Gasteiger partial charge in [0.1, 0.15) is 5.92 Å². The fourth-order valence-electron chi connectivity index (χ4n) is 1.89. The molecule has 0 atom stereocenters. The molecule has 0 aliphatic carbocycles. The van der Waals surface area contributed by atoms with E-state index < -0.39 is 23.8 Å². The Hall–Kier alpha value is -1.39. The first kappa shape index (κ1) is 13.7. The Morgan fingerprint density at radius 2 is 1.59 bits per heavy atom. The third-order valence-corrected chi connectivity index (χ3v) is 2.88. The van der Waals surface area contributed by atoms with Gasteiger partial charge in [-0.1, -0.05) is 39.5 Å². The molecule has 5 nitrogen and oxygen atoms in total. The van der Waals surface area contributed by atoms with Gasteiger partial charge in [0.25, 0.3) is 0 Å². The first-order valence-electron chi connectivity index (χ1n) is 6.16. The predicted octanol–water partition coefficient (Wildman–Crippen LogP) is 1.58. The first-order chi connectivity index (χ1) is 8.00. The van der Waals surface area contributed by atoms with Gasteiger partial charge in [0, 0.05) is 0 Å². The van der Waals surface area contributed by atoms with Crippen molar-refractivity contribution >= 4 is 17.8 Å². The zero-order valence-electron chi connectivity index (χ0n) is 10.4. The van der Waals surface area contributed by atoms with Gasteiger partial charge in [0.05, 0.1) is 0 Å². The number of imide groups is 2. The van der Waals surface area contributed by atoms with Crippen LogP contribution in [0.4, 0.5) is 4.79 Å². The summed E-state index contributed by atoms with van der Waals surface area (Å²) in [4.78, 5) is 33.6. The van der Waals surface area contributed by atoms with E-state index in [0.29, 0.717) is 12.3 Å². The van der Waals surface area contributed by atoms with E-state index in [4.69, 9.17) is 0 Å². The van der Waals surface area contributed by atoms with Crippen molar-refractivity contribution < 1.29 is 14.4 Å².